The fraction of sp³-hybridized carbons (Fsp3) is 0.571. The number of nitro groups is 1. The largest absolute Gasteiger partial charge is 0.383 e. The van der Waals surface area contributed by atoms with Crippen LogP contribution < -0.4 is 10.0 Å². The van der Waals surface area contributed by atoms with E-state index in [0.29, 0.717) is 19.6 Å². The molecular formula is C14H24N4O5S. The van der Waals surface area contributed by atoms with E-state index in [0.717, 1.165) is 12.6 Å². The van der Waals surface area contributed by atoms with Crippen LogP contribution in [0.25, 0.3) is 0 Å². The first-order valence-electron chi connectivity index (χ1n) is 7.43. The van der Waals surface area contributed by atoms with Crippen LogP contribution in [-0.2, 0) is 14.8 Å². The van der Waals surface area contributed by atoms with Crippen molar-refractivity contribution in [2.45, 2.75) is 11.3 Å². The molecule has 9 nitrogen and oxygen atoms in total. The zero-order chi connectivity index (χ0) is 18.2. The second-order valence-corrected chi connectivity index (χ2v) is 7.18. The molecule has 0 unspecified atom stereocenters. The summed E-state index contributed by atoms with van der Waals surface area (Å²) in [7, 11) is 1.53. The number of nitrogens with one attached hydrogen (secondary N) is 2. The van der Waals surface area contributed by atoms with Crippen LogP contribution >= 0.6 is 0 Å². The second-order valence-electron chi connectivity index (χ2n) is 5.41. The van der Waals surface area contributed by atoms with E-state index in [2.05, 4.69) is 10.0 Å². The summed E-state index contributed by atoms with van der Waals surface area (Å²) < 4.78 is 31.8. The third-order valence-electron chi connectivity index (χ3n) is 3.17. The zero-order valence-electron chi connectivity index (χ0n) is 14.1. The highest BCUT2D eigenvalue weighted by molar-refractivity contribution is 7.89. The summed E-state index contributed by atoms with van der Waals surface area (Å²) in [5.41, 5.74) is -0.0362. The van der Waals surface area contributed by atoms with Crippen molar-refractivity contribution in [3.8, 4) is 0 Å². The number of hydrogen-bond donors (Lipinski definition) is 2. The predicted octanol–water partition coefficient (Wildman–Crippen LogP) is 0.883. The molecule has 0 aliphatic carbocycles. The standard InChI is InChI=1S/C14H24N4O5S/c1-17(2)9-4-7-16-24(21,22)12-5-6-13(15-8-10-23-3)14(11-12)18(19)20/h5-6,11,15-16H,4,7-10H2,1-3H3. The molecule has 0 atom stereocenters. The van der Waals surface area contributed by atoms with Crippen molar-refractivity contribution in [1.82, 2.24) is 9.62 Å². The van der Waals surface area contributed by atoms with E-state index < -0.39 is 14.9 Å². The Morgan fingerprint density at radius 1 is 1.29 bits per heavy atom. The van der Waals surface area contributed by atoms with Crippen LogP contribution in [0.15, 0.2) is 23.1 Å². The van der Waals surface area contributed by atoms with Gasteiger partial charge in [-0.15, -0.1) is 0 Å². The van der Waals surface area contributed by atoms with Crippen molar-refractivity contribution < 1.29 is 18.1 Å². The Morgan fingerprint density at radius 2 is 2.00 bits per heavy atom. The van der Waals surface area contributed by atoms with E-state index in [1.165, 1.54) is 19.2 Å². The molecule has 136 valence electrons. The van der Waals surface area contributed by atoms with Gasteiger partial charge in [-0.05, 0) is 39.2 Å². The minimum absolute atomic E-state index is 0.128. The highest BCUT2D eigenvalue weighted by atomic mass is 32.2. The fourth-order valence-corrected chi connectivity index (χ4v) is 3.05. The lowest BCUT2D eigenvalue weighted by atomic mass is 10.2. The maximum Gasteiger partial charge on any atom is 0.293 e. The number of nitro benzene ring substituents is 1. The molecule has 10 heteroatoms. The number of methoxy groups -OCH3 is 1. The van der Waals surface area contributed by atoms with Crippen LogP contribution in [-0.4, -0.2) is 65.7 Å². The summed E-state index contributed by atoms with van der Waals surface area (Å²) in [6.45, 7) is 1.77. The molecule has 0 saturated carbocycles. The Kier molecular flexibility index (Phi) is 8.05. The fourth-order valence-electron chi connectivity index (χ4n) is 1.95. The topological polar surface area (TPSA) is 114 Å². The summed E-state index contributed by atoms with van der Waals surface area (Å²) in [6, 6.07) is 3.79. The number of rotatable bonds is 11. The number of sulfonamides is 1. The van der Waals surface area contributed by atoms with Crippen molar-refractivity contribution in [2.75, 3.05) is 52.8 Å². The molecule has 0 saturated heterocycles. The first kappa shape index (κ1) is 20.3. The molecule has 0 amide bonds. The van der Waals surface area contributed by atoms with E-state index in [-0.39, 0.29) is 22.8 Å². The summed E-state index contributed by atoms with van der Waals surface area (Å²) >= 11 is 0. The Hall–Kier alpha value is -1.75. The van der Waals surface area contributed by atoms with Crippen LogP contribution in [0, 0.1) is 10.1 Å². The molecule has 0 fully saturated rings. The van der Waals surface area contributed by atoms with Gasteiger partial charge in [-0.1, -0.05) is 0 Å². The highest BCUT2D eigenvalue weighted by Crippen LogP contribution is 2.27. The Balaban J connectivity index is 2.87. The lowest BCUT2D eigenvalue weighted by Crippen LogP contribution is -2.27. The molecule has 0 heterocycles. The number of benzene rings is 1. The average molecular weight is 360 g/mol. The van der Waals surface area contributed by atoms with Gasteiger partial charge in [0.15, 0.2) is 0 Å². The summed E-state index contributed by atoms with van der Waals surface area (Å²) in [5, 5.41) is 14.0. The molecule has 24 heavy (non-hydrogen) atoms. The number of anilines is 1. The van der Waals surface area contributed by atoms with Gasteiger partial charge in [0, 0.05) is 26.3 Å². The Bertz CT molecular complexity index is 649. The lowest BCUT2D eigenvalue weighted by Gasteiger charge is -2.11. The van der Waals surface area contributed by atoms with E-state index in [9.17, 15) is 18.5 Å². The molecule has 0 aromatic heterocycles. The van der Waals surface area contributed by atoms with Crippen molar-refractivity contribution >= 4 is 21.4 Å². The predicted molar refractivity (Wildman–Crippen MR) is 91.8 cm³/mol. The monoisotopic (exact) mass is 360 g/mol. The van der Waals surface area contributed by atoms with Gasteiger partial charge in [-0.2, -0.15) is 0 Å². The molecule has 0 radical (unpaired) electrons. The van der Waals surface area contributed by atoms with Gasteiger partial charge in [-0.3, -0.25) is 10.1 Å². The SMILES string of the molecule is COCCNc1ccc(S(=O)(=O)NCCCN(C)C)cc1[N+](=O)[O-]. The third kappa shape index (κ3) is 6.40. The van der Waals surface area contributed by atoms with Gasteiger partial charge in [-0.25, -0.2) is 13.1 Å². The molecule has 0 bridgehead atoms. The van der Waals surface area contributed by atoms with Crippen molar-refractivity contribution in [1.29, 1.82) is 0 Å². The van der Waals surface area contributed by atoms with E-state index in [1.807, 2.05) is 19.0 Å². The molecular weight excluding hydrogens is 336 g/mol. The normalized spacial score (nSPS) is 11.7. The van der Waals surface area contributed by atoms with Crippen LogP contribution in [0.5, 0.6) is 0 Å². The van der Waals surface area contributed by atoms with E-state index >= 15 is 0 Å². The van der Waals surface area contributed by atoms with E-state index in [4.69, 9.17) is 4.74 Å². The number of hydrogen-bond acceptors (Lipinski definition) is 7. The van der Waals surface area contributed by atoms with Crippen molar-refractivity contribution in [3.05, 3.63) is 28.3 Å². The molecule has 1 aromatic carbocycles. The Morgan fingerprint density at radius 3 is 2.58 bits per heavy atom. The van der Waals surface area contributed by atoms with Crippen molar-refractivity contribution in [2.24, 2.45) is 0 Å². The quantitative estimate of drug-likeness (QED) is 0.342. The van der Waals surface area contributed by atoms with Gasteiger partial charge in [0.1, 0.15) is 5.69 Å². The Labute approximate surface area is 142 Å². The minimum Gasteiger partial charge on any atom is -0.383 e. The number of nitrogens with zero attached hydrogens (tertiary/aromatic N) is 2. The summed E-state index contributed by atoms with van der Waals surface area (Å²) in [5.74, 6) is 0. The summed E-state index contributed by atoms with van der Waals surface area (Å²) in [4.78, 5) is 12.4. The molecule has 1 rings (SSSR count). The zero-order valence-corrected chi connectivity index (χ0v) is 14.9. The second kappa shape index (κ2) is 9.52. The molecule has 0 spiro atoms. The summed E-state index contributed by atoms with van der Waals surface area (Å²) in [6.07, 6.45) is 0.644. The molecule has 2 N–H and O–H groups in total. The van der Waals surface area contributed by atoms with E-state index in [1.54, 1.807) is 0 Å². The van der Waals surface area contributed by atoms with Crippen molar-refractivity contribution in [3.63, 3.8) is 0 Å². The minimum atomic E-state index is -3.78. The van der Waals surface area contributed by atoms with Gasteiger partial charge in [0.05, 0.1) is 16.4 Å². The molecule has 0 aliphatic rings. The molecule has 0 aliphatic heterocycles. The van der Waals surface area contributed by atoms with Crippen LogP contribution in [0.4, 0.5) is 11.4 Å². The molecule has 1 aromatic rings. The van der Waals surface area contributed by atoms with Crippen LogP contribution in [0.1, 0.15) is 6.42 Å². The maximum atomic E-state index is 12.2. The van der Waals surface area contributed by atoms with Gasteiger partial charge in [0.2, 0.25) is 10.0 Å². The first-order valence-corrected chi connectivity index (χ1v) is 8.92. The van der Waals surface area contributed by atoms with Crippen LogP contribution in [0.3, 0.4) is 0 Å². The first-order chi connectivity index (χ1) is 11.3. The van der Waals surface area contributed by atoms with Gasteiger partial charge in [0.25, 0.3) is 5.69 Å². The lowest BCUT2D eigenvalue weighted by molar-refractivity contribution is -0.384. The smallest absolute Gasteiger partial charge is 0.293 e. The van der Waals surface area contributed by atoms with Gasteiger partial charge < -0.3 is 15.0 Å². The third-order valence-corrected chi connectivity index (χ3v) is 4.63. The number of ether oxygens (including phenoxy) is 1. The highest BCUT2D eigenvalue weighted by Gasteiger charge is 2.21. The van der Waals surface area contributed by atoms with Gasteiger partial charge >= 0.3 is 0 Å². The average Bonchev–Trinajstić information content (AvgIpc) is 2.51. The van der Waals surface area contributed by atoms with Crippen LogP contribution in [0.2, 0.25) is 0 Å². The maximum absolute atomic E-state index is 12.2.